The van der Waals surface area contributed by atoms with Crippen molar-refractivity contribution >= 4 is 22.8 Å². The lowest BCUT2D eigenvalue weighted by Gasteiger charge is -2.21. The Bertz CT molecular complexity index is 253. The highest BCUT2D eigenvalue weighted by Gasteiger charge is 2.19. The Kier molecular flexibility index (Phi) is 8.17. The number of hydrogen-bond donors (Lipinski definition) is 0. The first-order chi connectivity index (χ1) is 7.88. The van der Waals surface area contributed by atoms with Crippen LogP contribution in [0.25, 0.3) is 0 Å². The van der Waals surface area contributed by atoms with Crippen molar-refractivity contribution in [1.82, 2.24) is 0 Å². The summed E-state index contributed by atoms with van der Waals surface area (Å²) in [6.07, 6.45) is 1.96. The van der Waals surface area contributed by atoms with Crippen LogP contribution in [0.5, 0.6) is 0 Å². The van der Waals surface area contributed by atoms with Gasteiger partial charge in [-0.25, -0.2) is 4.79 Å². The third kappa shape index (κ3) is 7.34. The molecule has 0 aromatic heterocycles. The second kappa shape index (κ2) is 8.48. The van der Waals surface area contributed by atoms with E-state index < -0.39 is 11.2 Å². The summed E-state index contributed by atoms with van der Waals surface area (Å²) < 4.78 is 9.99. The SMILES string of the molecule is COC(C)CCC(COC(=O)C(=O)Cl)C(C)C. The molecule has 2 unspecified atom stereocenters. The molecule has 0 aliphatic carbocycles. The van der Waals surface area contributed by atoms with Gasteiger partial charge in [0.05, 0.1) is 12.7 Å². The molecule has 0 rings (SSSR count). The van der Waals surface area contributed by atoms with Crippen molar-refractivity contribution in [2.75, 3.05) is 13.7 Å². The number of carbonyl (C=O) groups excluding carboxylic acids is 2. The van der Waals surface area contributed by atoms with Crippen LogP contribution in [0, 0.1) is 11.8 Å². The summed E-state index contributed by atoms with van der Waals surface area (Å²) in [7, 11) is 1.67. The lowest BCUT2D eigenvalue weighted by atomic mass is 9.91. The summed E-state index contributed by atoms with van der Waals surface area (Å²) in [5.41, 5.74) is 0. The quantitative estimate of drug-likeness (QED) is 0.384. The molecule has 0 saturated carbocycles. The van der Waals surface area contributed by atoms with Gasteiger partial charge >= 0.3 is 11.2 Å². The first-order valence-electron chi connectivity index (χ1n) is 5.77. The van der Waals surface area contributed by atoms with Crippen molar-refractivity contribution in [3.63, 3.8) is 0 Å². The Morgan fingerprint density at radius 3 is 2.18 bits per heavy atom. The highest BCUT2D eigenvalue weighted by atomic mass is 35.5. The molecule has 2 atom stereocenters. The number of carbonyl (C=O) groups is 2. The Morgan fingerprint density at radius 1 is 1.18 bits per heavy atom. The fraction of sp³-hybridized carbons (Fsp3) is 0.833. The largest absolute Gasteiger partial charge is 0.459 e. The average molecular weight is 265 g/mol. The smallest absolute Gasteiger partial charge is 0.391 e. The van der Waals surface area contributed by atoms with Crippen LogP contribution in [-0.4, -0.2) is 31.0 Å². The molecule has 100 valence electrons. The minimum absolute atomic E-state index is 0.182. The van der Waals surface area contributed by atoms with Crippen LogP contribution in [0.15, 0.2) is 0 Å². The van der Waals surface area contributed by atoms with Crippen molar-refractivity contribution in [3.8, 4) is 0 Å². The zero-order valence-corrected chi connectivity index (χ0v) is 11.6. The van der Waals surface area contributed by atoms with E-state index in [1.54, 1.807) is 7.11 Å². The molecule has 0 aliphatic rings. The molecule has 0 amide bonds. The third-order valence-corrected chi connectivity index (χ3v) is 3.03. The van der Waals surface area contributed by atoms with Gasteiger partial charge in [0, 0.05) is 7.11 Å². The first kappa shape index (κ1) is 16.4. The predicted octanol–water partition coefficient (Wildman–Crippen LogP) is 2.38. The predicted molar refractivity (Wildman–Crippen MR) is 65.9 cm³/mol. The van der Waals surface area contributed by atoms with Crippen LogP contribution in [0.3, 0.4) is 0 Å². The summed E-state index contributed by atoms with van der Waals surface area (Å²) in [6.45, 7) is 6.33. The summed E-state index contributed by atoms with van der Waals surface area (Å²) in [5.74, 6) is -0.387. The molecule has 0 radical (unpaired) electrons. The maximum absolute atomic E-state index is 10.9. The van der Waals surface area contributed by atoms with Gasteiger partial charge in [-0.1, -0.05) is 13.8 Å². The van der Waals surface area contributed by atoms with Crippen LogP contribution in [0.1, 0.15) is 33.6 Å². The second-order valence-corrected chi connectivity index (χ2v) is 4.84. The van der Waals surface area contributed by atoms with Crippen molar-refractivity contribution in [1.29, 1.82) is 0 Å². The molecular formula is C12H21ClO4. The minimum atomic E-state index is -1.07. The average Bonchev–Trinajstić information content (AvgIpc) is 2.27. The Labute approximate surface area is 108 Å². The lowest BCUT2D eigenvalue weighted by molar-refractivity contribution is -0.151. The summed E-state index contributed by atoms with van der Waals surface area (Å²) >= 11 is 5.01. The molecule has 0 saturated heterocycles. The Hall–Kier alpha value is -0.610. The molecule has 0 bridgehead atoms. The highest BCUT2D eigenvalue weighted by molar-refractivity contribution is 6.80. The number of ether oxygens (including phenoxy) is 2. The van der Waals surface area contributed by atoms with Crippen molar-refractivity contribution in [3.05, 3.63) is 0 Å². The number of halogens is 1. The van der Waals surface area contributed by atoms with E-state index in [-0.39, 0.29) is 18.6 Å². The van der Waals surface area contributed by atoms with E-state index in [2.05, 4.69) is 13.8 Å². The zero-order valence-electron chi connectivity index (χ0n) is 10.9. The normalized spacial score (nSPS) is 14.5. The van der Waals surface area contributed by atoms with E-state index in [1.807, 2.05) is 6.92 Å². The van der Waals surface area contributed by atoms with E-state index in [4.69, 9.17) is 21.1 Å². The number of rotatable bonds is 8. The van der Waals surface area contributed by atoms with Gasteiger partial charge in [-0.05, 0) is 43.2 Å². The van der Waals surface area contributed by atoms with Gasteiger partial charge in [-0.15, -0.1) is 0 Å². The van der Waals surface area contributed by atoms with E-state index in [9.17, 15) is 9.59 Å². The molecule has 0 aliphatic heterocycles. The second-order valence-electron chi connectivity index (χ2n) is 4.50. The molecule has 0 N–H and O–H groups in total. The van der Waals surface area contributed by atoms with E-state index in [0.717, 1.165) is 12.8 Å². The third-order valence-electron chi connectivity index (χ3n) is 2.88. The fourth-order valence-corrected chi connectivity index (χ4v) is 1.47. The maximum atomic E-state index is 10.9. The van der Waals surface area contributed by atoms with Crippen LogP contribution in [0.4, 0.5) is 0 Å². The van der Waals surface area contributed by atoms with Crippen LogP contribution in [0.2, 0.25) is 0 Å². The minimum Gasteiger partial charge on any atom is -0.459 e. The molecule has 0 heterocycles. The van der Waals surface area contributed by atoms with Crippen LogP contribution in [-0.2, 0) is 19.1 Å². The molecule has 0 aromatic carbocycles. The Balaban J connectivity index is 4.07. The van der Waals surface area contributed by atoms with Crippen LogP contribution < -0.4 is 0 Å². The first-order valence-corrected chi connectivity index (χ1v) is 6.15. The van der Waals surface area contributed by atoms with Gasteiger partial charge in [0.2, 0.25) is 0 Å². The molecule has 0 aromatic rings. The van der Waals surface area contributed by atoms with E-state index in [0.29, 0.717) is 5.92 Å². The van der Waals surface area contributed by atoms with Gasteiger partial charge < -0.3 is 9.47 Å². The fourth-order valence-electron chi connectivity index (χ4n) is 1.42. The summed E-state index contributed by atoms with van der Waals surface area (Å²) in [5, 5.41) is -1.07. The molecule has 17 heavy (non-hydrogen) atoms. The highest BCUT2D eigenvalue weighted by Crippen LogP contribution is 2.19. The molecule has 0 spiro atoms. The van der Waals surface area contributed by atoms with Crippen molar-refractivity contribution in [2.45, 2.75) is 39.7 Å². The number of esters is 1. The van der Waals surface area contributed by atoms with Gasteiger partial charge in [0.1, 0.15) is 0 Å². The standard InChI is InChI=1S/C12H21ClO4/c1-8(2)10(6-5-9(3)16-4)7-17-12(15)11(13)14/h8-10H,5-7H2,1-4H3. The lowest BCUT2D eigenvalue weighted by Crippen LogP contribution is -2.22. The van der Waals surface area contributed by atoms with Crippen molar-refractivity contribution in [2.24, 2.45) is 11.8 Å². The van der Waals surface area contributed by atoms with Gasteiger partial charge in [-0.3, -0.25) is 4.79 Å². The van der Waals surface area contributed by atoms with E-state index in [1.165, 1.54) is 0 Å². The molecule has 4 nitrogen and oxygen atoms in total. The molecular weight excluding hydrogens is 244 g/mol. The number of hydrogen-bond acceptors (Lipinski definition) is 4. The topological polar surface area (TPSA) is 52.6 Å². The molecule has 0 fully saturated rings. The van der Waals surface area contributed by atoms with Gasteiger partial charge in [0.25, 0.3) is 0 Å². The van der Waals surface area contributed by atoms with Gasteiger partial charge in [0.15, 0.2) is 0 Å². The summed E-state index contributed by atoms with van der Waals surface area (Å²) in [6, 6.07) is 0. The van der Waals surface area contributed by atoms with Crippen LogP contribution >= 0.6 is 11.6 Å². The monoisotopic (exact) mass is 264 g/mol. The van der Waals surface area contributed by atoms with Crippen molar-refractivity contribution < 1.29 is 19.1 Å². The Morgan fingerprint density at radius 2 is 1.76 bits per heavy atom. The number of methoxy groups -OCH3 is 1. The molecule has 5 heteroatoms. The maximum Gasteiger partial charge on any atom is 0.391 e. The van der Waals surface area contributed by atoms with Gasteiger partial charge in [-0.2, -0.15) is 0 Å². The summed E-state index contributed by atoms with van der Waals surface area (Å²) in [4.78, 5) is 21.4. The zero-order chi connectivity index (χ0) is 13.4. The van der Waals surface area contributed by atoms with E-state index >= 15 is 0 Å².